The molecule has 7 nitrogen and oxygen atoms in total. The van der Waals surface area contributed by atoms with Gasteiger partial charge in [-0.15, -0.1) is 0 Å². The fourth-order valence-corrected chi connectivity index (χ4v) is 7.09. The summed E-state index contributed by atoms with van der Waals surface area (Å²) in [5.74, 6) is -0.192. The zero-order valence-corrected chi connectivity index (χ0v) is 28.2. The van der Waals surface area contributed by atoms with Gasteiger partial charge in [0.2, 0.25) is 0 Å². The second kappa shape index (κ2) is 14.6. The van der Waals surface area contributed by atoms with Crippen molar-refractivity contribution >= 4 is 40.6 Å². The molecule has 6 rings (SSSR count). The van der Waals surface area contributed by atoms with Crippen molar-refractivity contribution in [3.8, 4) is 0 Å². The van der Waals surface area contributed by atoms with E-state index in [1.165, 1.54) is 0 Å². The molecule has 1 saturated heterocycles. The van der Waals surface area contributed by atoms with E-state index in [-0.39, 0.29) is 29.1 Å². The highest BCUT2D eigenvalue weighted by Crippen LogP contribution is 2.40. The summed E-state index contributed by atoms with van der Waals surface area (Å²) in [5.41, 5.74) is 7.85. The topological polar surface area (TPSA) is 87.7 Å². The van der Waals surface area contributed by atoms with E-state index in [0.717, 1.165) is 78.9 Å². The molecular formula is C41H45N3O4. The van der Waals surface area contributed by atoms with Crippen LogP contribution in [0.3, 0.4) is 0 Å². The average Bonchev–Trinajstić information content (AvgIpc) is 3.31. The Morgan fingerprint density at radius 1 is 0.938 bits per heavy atom. The van der Waals surface area contributed by atoms with E-state index < -0.39 is 0 Å². The molecule has 2 amide bonds. The molecule has 3 aromatic carbocycles. The molecule has 48 heavy (non-hydrogen) atoms. The first-order valence-corrected chi connectivity index (χ1v) is 17.1. The molecule has 3 aromatic rings. The van der Waals surface area contributed by atoms with Crippen LogP contribution in [0.25, 0.3) is 11.6 Å². The maximum atomic E-state index is 13.9. The first-order chi connectivity index (χ1) is 23.2. The number of carbonyl (C=O) groups excluding carboxylic acids is 3. The highest BCUT2D eigenvalue weighted by Gasteiger charge is 2.33. The van der Waals surface area contributed by atoms with Crippen LogP contribution in [-0.2, 0) is 9.53 Å². The predicted molar refractivity (Wildman–Crippen MR) is 193 cm³/mol. The fourth-order valence-electron chi connectivity index (χ4n) is 7.09. The molecule has 3 aliphatic heterocycles. The zero-order chi connectivity index (χ0) is 33.7. The number of ether oxygens (including phenoxy) is 1. The molecule has 248 valence electrons. The summed E-state index contributed by atoms with van der Waals surface area (Å²) in [5, 5.41) is 6.55. The number of nitrogens with one attached hydrogen (secondary N) is 2. The molecule has 3 aliphatic rings. The Bertz CT molecular complexity index is 1760. The van der Waals surface area contributed by atoms with Gasteiger partial charge in [-0.3, -0.25) is 14.4 Å². The van der Waals surface area contributed by atoms with Crippen molar-refractivity contribution in [3.63, 3.8) is 0 Å². The highest BCUT2D eigenvalue weighted by atomic mass is 16.5. The van der Waals surface area contributed by atoms with E-state index in [4.69, 9.17) is 4.74 Å². The summed E-state index contributed by atoms with van der Waals surface area (Å²) < 4.78 is 5.63. The van der Waals surface area contributed by atoms with Crippen LogP contribution in [0, 0.1) is 5.41 Å². The molecule has 1 fully saturated rings. The second-order valence-corrected chi connectivity index (χ2v) is 13.3. The lowest BCUT2D eigenvalue weighted by molar-refractivity contribution is -0.113. The predicted octanol–water partition coefficient (Wildman–Crippen LogP) is 8.21. The fraction of sp³-hybridized carbons (Fsp3) is 0.341. The Morgan fingerprint density at radius 3 is 2.35 bits per heavy atom. The Hall–Kier alpha value is -4.75. The van der Waals surface area contributed by atoms with Gasteiger partial charge in [0.1, 0.15) is 0 Å². The normalized spacial score (nSPS) is 18.7. The molecular weight excluding hydrogens is 598 g/mol. The number of hydrogen-bond donors (Lipinski definition) is 2. The summed E-state index contributed by atoms with van der Waals surface area (Å²) in [6, 6.07) is 22.7. The first-order valence-electron chi connectivity index (χ1n) is 17.1. The number of para-hydroxylation sites is 1. The number of benzene rings is 3. The van der Waals surface area contributed by atoms with Crippen molar-refractivity contribution in [2.75, 3.05) is 30.0 Å². The Kier molecular flexibility index (Phi) is 10.1. The lowest BCUT2D eigenvalue weighted by Gasteiger charge is -2.38. The number of allylic oxidation sites excluding steroid dienone is 2. The summed E-state index contributed by atoms with van der Waals surface area (Å²) in [4.78, 5) is 41.1. The molecule has 1 atom stereocenters. The van der Waals surface area contributed by atoms with Crippen LogP contribution in [0.15, 0.2) is 96.2 Å². The van der Waals surface area contributed by atoms with Crippen molar-refractivity contribution in [2.24, 2.45) is 5.41 Å². The van der Waals surface area contributed by atoms with E-state index in [1.807, 2.05) is 72.6 Å². The van der Waals surface area contributed by atoms with Gasteiger partial charge >= 0.3 is 0 Å². The summed E-state index contributed by atoms with van der Waals surface area (Å²) in [6.07, 6.45) is 11.9. The molecule has 3 heterocycles. The van der Waals surface area contributed by atoms with Crippen molar-refractivity contribution < 1.29 is 19.1 Å². The molecule has 0 aromatic heterocycles. The monoisotopic (exact) mass is 643 g/mol. The van der Waals surface area contributed by atoms with Crippen molar-refractivity contribution in [2.45, 2.75) is 65.3 Å². The maximum Gasteiger partial charge on any atom is 0.258 e. The van der Waals surface area contributed by atoms with Gasteiger partial charge in [0.25, 0.3) is 11.8 Å². The number of hydrogen-bond acceptors (Lipinski definition) is 5. The zero-order valence-electron chi connectivity index (χ0n) is 28.2. The van der Waals surface area contributed by atoms with Crippen LogP contribution in [0.1, 0.15) is 91.1 Å². The molecule has 0 aliphatic carbocycles. The third-order valence-corrected chi connectivity index (χ3v) is 10.3. The number of carbonyl (C=O) groups is 3. The third kappa shape index (κ3) is 7.37. The Morgan fingerprint density at radius 2 is 1.65 bits per heavy atom. The van der Waals surface area contributed by atoms with Gasteiger partial charge < -0.3 is 20.3 Å². The van der Waals surface area contributed by atoms with E-state index in [1.54, 1.807) is 31.2 Å². The number of ketones is 1. The lowest BCUT2D eigenvalue weighted by Crippen LogP contribution is -2.38. The van der Waals surface area contributed by atoms with Crippen LogP contribution in [-0.4, -0.2) is 43.4 Å². The van der Waals surface area contributed by atoms with Gasteiger partial charge in [-0.1, -0.05) is 55.8 Å². The van der Waals surface area contributed by atoms with Crippen LogP contribution in [0.2, 0.25) is 0 Å². The first kappa shape index (κ1) is 33.2. The second-order valence-electron chi connectivity index (χ2n) is 13.3. The summed E-state index contributed by atoms with van der Waals surface area (Å²) in [7, 11) is 0. The molecule has 1 unspecified atom stereocenters. The standard InChI is InChI=1S/C41H45N3O4/c1-4-41(20-23-48-24-21-41)19-17-37-36(25-28(2)27-42-37)39(46)43-35-15-13-32(14-16-35)40(47)44-22-18-33(26-34-7-5-6-8-38(34)44)31-11-9-30(10-12-31)29(3)45/h5-16,25-27,37,42H,4,17-24H2,1-3H3,(H,43,46). The number of rotatable bonds is 9. The van der Waals surface area contributed by atoms with Gasteiger partial charge in [-0.25, -0.2) is 0 Å². The van der Waals surface area contributed by atoms with Crippen LogP contribution in [0.4, 0.5) is 11.4 Å². The van der Waals surface area contributed by atoms with Crippen molar-refractivity contribution in [1.82, 2.24) is 5.32 Å². The lowest BCUT2D eigenvalue weighted by atomic mass is 9.73. The Balaban J connectivity index is 1.13. The van der Waals surface area contributed by atoms with Crippen LogP contribution in [0.5, 0.6) is 0 Å². The van der Waals surface area contributed by atoms with Gasteiger partial charge in [0.05, 0.1) is 11.7 Å². The van der Waals surface area contributed by atoms with Gasteiger partial charge in [-0.2, -0.15) is 0 Å². The molecule has 2 N–H and O–H groups in total. The number of dihydropyridines is 1. The quantitative estimate of drug-likeness (QED) is 0.230. The van der Waals surface area contributed by atoms with Gasteiger partial charge in [-0.05, 0) is 122 Å². The molecule has 0 saturated carbocycles. The van der Waals surface area contributed by atoms with Crippen molar-refractivity contribution in [3.05, 3.63) is 118 Å². The highest BCUT2D eigenvalue weighted by molar-refractivity contribution is 6.09. The van der Waals surface area contributed by atoms with E-state index in [2.05, 4.69) is 23.6 Å². The molecule has 0 bridgehead atoms. The van der Waals surface area contributed by atoms with Crippen LogP contribution >= 0.6 is 0 Å². The number of amides is 2. The van der Waals surface area contributed by atoms with Gasteiger partial charge in [0, 0.05) is 42.1 Å². The van der Waals surface area contributed by atoms with Crippen molar-refractivity contribution in [1.29, 1.82) is 0 Å². The minimum Gasteiger partial charge on any atom is -0.384 e. The minimum atomic E-state index is -0.132. The maximum absolute atomic E-state index is 13.9. The number of fused-ring (bicyclic) bond motifs is 1. The molecule has 0 spiro atoms. The summed E-state index contributed by atoms with van der Waals surface area (Å²) in [6.45, 7) is 7.96. The summed E-state index contributed by atoms with van der Waals surface area (Å²) >= 11 is 0. The largest absolute Gasteiger partial charge is 0.384 e. The smallest absolute Gasteiger partial charge is 0.258 e. The molecule has 7 heteroatoms. The van der Waals surface area contributed by atoms with Crippen LogP contribution < -0.4 is 15.5 Å². The average molecular weight is 644 g/mol. The number of Topliss-reactive ketones (excluding diaryl/α,β-unsaturated/α-hetero) is 1. The molecule has 0 radical (unpaired) electrons. The van der Waals surface area contributed by atoms with E-state index in [0.29, 0.717) is 29.8 Å². The number of nitrogens with zero attached hydrogens (tertiary/aromatic N) is 1. The number of anilines is 2. The Labute approximate surface area is 283 Å². The van der Waals surface area contributed by atoms with E-state index >= 15 is 0 Å². The van der Waals surface area contributed by atoms with E-state index in [9.17, 15) is 14.4 Å². The minimum absolute atomic E-state index is 0.0367. The SMILES string of the molecule is CCC1(CCC2NC=C(C)C=C2C(=O)Nc2ccc(C(=O)N3CCC(c4ccc(C(C)=O)cc4)=Cc4ccccc43)cc2)CCOCC1. The van der Waals surface area contributed by atoms with Gasteiger partial charge in [0.15, 0.2) is 5.78 Å². The third-order valence-electron chi connectivity index (χ3n) is 10.3.